The second-order valence-electron chi connectivity index (χ2n) is 3.71. The van der Waals surface area contributed by atoms with Crippen molar-refractivity contribution in [3.63, 3.8) is 0 Å². The molecule has 80 valence electrons. The number of halogens is 1. The molecule has 1 aliphatic rings. The van der Waals surface area contributed by atoms with Crippen molar-refractivity contribution in [3.8, 4) is 0 Å². The van der Waals surface area contributed by atoms with E-state index in [9.17, 15) is 0 Å². The Kier molecular flexibility index (Phi) is 3.39. The van der Waals surface area contributed by atoms with E-state index in [2.05, 4.69) is 23.3 Å². The van der Waals surface area contributed by atoms with E-state index in [-0.39, 0.29) is 0 Å². The van der Waals surface area contributed by atoms with E-state index in [1.165, 1.54) is 11.1 Å². The van der Waals surface area contributed by atoms with Crippen molar-refractivity contribution in [2.24, 2.45) is 0 Å². The number of aryl methyl sites for hydroxylation is 1. The monoisotopic (exact) mass is 222 g/mol. The van der Waals surface area contributed by atoms with Crippen molar-refractivity contribution in [1.82, 2.24) is 10.3 Å². The molecule has 0 unspecified atom stereocenters. The van der Waals surface area contributed by atoms with Crippen LogP contribution in [0.5, 0.6) is 0 Å². The average Bonchev–Trinajstić information content (AvgIpc) is 2.30. The Morgan fingerprint density at radius 2 is 2.40 bits per heavy atom. The maximum absolute atomic E-state index is 6.22. The van der Waals surface area contributed by atoms with Crippen molar-refractivity contribution >= 4 is 17.2 Å². The van der Waals surface area contributed by atoms with Gasteiger partial charge in [-0.05, 0) is 36.6 Å². The first-order chi connectivity index (χ1) is 7.31. The van der Waals surface area contributed by atoms with Crippen LogP contribution in [-0.4, -0.2) is 18.1 Å². The van der Waals surface area contributed by atoms with Gasteiger partial charge in [0, 0.05) is 12.7 Å². The fourth-order valence-electron chi connectivity index (χ4n) is 1.74. The van der Waals surface area contributed by atoms with E-state index < -0.39 is 0 Å². The zero-order valence-electron chi connectivity index (χ0n) is 8.89. The minimum absolute atomic E-state index is 0.780. The van der Waals surface area contributed by atoms with Crippen LogP contribution < -0.4 is 5.32 Å². The summed E-state index contributed by atoms with van der Waals surface area (Å²) < 4.78 is 0. The van der Waals surface area contributed by atoms with Gasteiger partial charge in [-0.1, -0.05) is 24.6 Å². The summed E-state index contributed by atoms with van der Waals surface area (Å²) in [6, 6.07) is 2.02. The van der Waals surface area contributed by atoms with Gasteiger partial charge in [-0.3, -0.25) is 4.98 Å². The third-order valence-electron chi connectivity index (χ3n) is 2.67. The predicted molar refractivity (Wildman–Crippen MR) is 64.1 cm³/mol. The lowest BCUT2D eigenvalue weighted by Gasteiger charge is -2.14. The molecule has 1 aliphatic heterocycles. The molecule has 0 atom stereocenters. The number of rotatable bonds is 2. The van der Waals surface area contributed by atoms with E-state index >= 15 is 0 Å². The van der Waals surface area contributed by atoms with Crippen LogP contribution in [0.15, 0.2) is 18.3 Å². The van der Waals surface area contributed by atoms with Gasteiger partial charge in [0.2, 0.25) is 0 Å². The summed E-state index contributed by atoms with van der Waals surface area (Å²) in [6.07, 6.45) is 6.08. The minimum Gasteiger partial charge on any atom is -0.313 e. The summed E-state index contributed by atoms with van der Waals surface area (Å²) >= 11 is 6.22. The second kappa shape index (κ2) is 4.77. The lowest BCUT2D eigenvalue weighted by molar-refractivity contribution is 0.737. The topological polar surface area (TPSA) is 24.9 Å². The van der Waals surface area contributed by atoms with E-state index in [1.807, 2.05) is 12.3 Å². The molecular weight excluding hydrogens is 208 g/mol. The Bertz CT molecular complexity index is 385. The number of pyridine rings is 1. The molecule has 1 N–H and O–H groups in total. The highest BCUT2D eigenvalue weighted by Crippen LogP contribution is 2.25. The van der Waals surface area contributed by atoms with Crippen molar-refractivity contribution in [3.05, 3.63) is 34.6 Å². The number of nitrogens with one attached hydrogen (secondary N) is 1. The third kappa shape index (κ3) is 2.39. The first-order valence-electron chi connectivity index (χ1n) is 5.36. The molecule has 2 nitrogen and oxygen atoms in total. The molecule has 2 rings (SSSR count). The quantitative estimate of drug-likeness (QED) is 0.832. The molecular formula is C12H15ClN2. The Hall–Kier alpha value is -0.860. The van der Waals surface area contributed by atoms with Gasteiger partial charge in [0.1, 0.15) is 0 Å². The van der Waals surface area contributed by atoms with Gasteiger partial charge < -0.3 is 5.32 Å². The van der Waals surface area contributed by atoms with Crippen LogP contribution in [0.2, 0.25) is 5.02 Å². The van der Waals surface area contributed by atoms with Gasteiger partial charge in [0.25, 0.3) is 0 Å². The standard InChI is InChI=1S/C12H15ClN2/c1-2-9-7-11(13)12(15-8-9)10-3-5-14-6-4-10/h3,7-8,14H,2,4-6H2,1H3. The molecule has 15 heavy (non-hydrogen) atoms. The highest BCUT2D eigenvalue weighted by molar-refractivity contribution is 6.32. The normalized spacial score (nSPS) is 16.3. The molecule has 0 aliphatic carbocycles. The third-order valence-corrected chi connectivity index (χ3v) is 2.96. The summed E-state index contributed by atoms with van der Waals surface area (Å²) in [5, 5.41) is 4.06. The summed E-state index contributed by atoms with van der Waals surface area (Å²) in [6.45, 7) is 4.04. The van der Waals surface area contributed by atoms with Crippen LogP contribution in [-0.2, 0) is 6.42 Å². The van der Waals surface area contributed by atoms with Crippen LogP contribution in [0.3, 0.4) is 0 Å². The van der Waals surface area contributed by atoms with Gasteiger partial charge in [0.05, 0.1) is 10.7 Å². The van der Waals surface area contributed by atoms with Crippen LogP contribution in [0.1, 0.15) is 24.6 Å². The van der Waals surface area contributed by atoms with Crippen molar-refractivity contribution in [2.75, 3.05) is 13.1 Å². The smallest absolute Gasteiger partial charge is 0.0845 e. The molecule has 0 radical (unpaired) electrons. The van der Waals surface area contributed by atoms with Gasteiger partial charge in [-0.25, -0.2) is 0 Å². The molecule has 2 heterocycles. The SMILES string of the molecule is CCc1cnc(C2=CCNCC2)c(Cl)c1. The van der Waals surface area contributed by atoms with Gasteiger partial charge in [-0.2, -0.15) is 0 Å². The lowest BCUT2D eigenvalue weighted by atomic mass is 10.0. The molecule has 1 aromatic rings. The van der Waals surface area contributed by atoms with Gasteiger partial charge in [-0.15, -0.1) is 0 Å². The maximum Gasteiger partial charge on any atom is 0.0845 e. The highest BCUT2D eigenvalue weighted by atomic mass is 35.5. The Balaban J connectivity index is 2.32. The van der Waals surface area contributed by atoms with E-state index in [0.29, 0.717) is 0 Å². The highest BCUT2D eigenvalue weighted by Gasteiger charge is 2.10. The molecule has 0 amide bonds. The van der Waals surface area contributed by atoms with Crippen LogP contribution in [0, 0.1) is 0 Å². The number of aromatic nitrogens is 1. The molecule has 0 aromatic carbocycles. The van der Waals surface area contributed by atoms with Crippen molar-refractivity contribution in [2.45, 2.75) is 19.8 Å². The van der Waals surface area contributed by atoms with Crippen molar-refractivity contribution in [1.29, 1.82) is 0 Å². The molecule has 0 bridgehead atoms. The lowest BCUT2D eigenvalue weighted by Crippen LogP contribution is -2.20. The zero-order chi connectivity index (χ0) is 10.7. The van der Waals surface area contributed by atoms with E-state index in [0.717, 1.165) is 36.6 Å². The maximum atomic E-state index is 6.22. The van der Waals surface area contributed by atoms with E-state index in [1.54, 1.807) is 0 Å². The molecule has 0 fully saturated rings. The Morgan fingerprint density at radius 1 is 1.53 bits per heavy atom. The first-order valence-corrected chi connectivity index (χ1v) is 5.73. The number of hydrogen-bond acceptors (Lipinski definition) is 2. The largest absolute Gasteiger partial charge is 0.313 e. The van der Waals surface area contributed by atoms with Crippen LogP contribution in [0.25, 0.3) is 5.57 Å². The van der Waals surface area contributed by atoms with Crippen LogP contribution >= 0.6 is 11.6 Å². The summed E-state index contributed by atoms with van der Waals surface area (Å²) in [4.78, 5) is 4.44. The summed E-state index contributed by atoms with van der Waals surface area (Å²) in [5.41, 5.74) is 3.41. The average molecular weight is 223 g/mol. The number of hydrogen-bond donors (Lipinski definition) is 1. The van der Waals surface area contributed by atoms with Crippen molar-refractivity contribution < 1.29 is 0 Å². The predicted octanol–water partition coefficient (Wildman–Crippen LogP) is 2.67. The number of nitrogens with zero attached hydrogens (tertiary/aromatic N) is 1. The minimum atomic E-state index is 0.780. The Labute approximate surface area is 95.4 Å². The van der Waals surface area contributed by atoms with E-state index in [4.69, 9.17) is 11.6 Å². The first kappa shape index (κ1) is 10.7. The van der Waals surface area contributed by atoms with Gasteiger partial charge >= 0.3 is 0 Å². The second-order valence-corrected chi connectivity index (χ2v) is 4.12. The Morgan fingerprint density at radius 3 is 3.00 bits per heavy atom. The fourth-order valence-corrected chi connectivity index (χ4v) is 2.06. The molecule has 3 heteroatoms. The molecule has 0 saturated heterocycles. The van der Waals surface area contributed by atoms with Gasteiger partial charge in [0.15, 0.2) is 0 Å². The van der Waals surface area contributed by atoms with Crippen LogP contribution in [0.4, 0.5) is 0 Å². The molecule has 1 aromatic heterocycles. The summed E-state index contributed by atoms with van der Waals surface area (Å²) in [7, 11) is 0. The molecule has 0 spiro atoms. The summed E-state index contributed by atoms with van der Waals surface area (Å²) in [5.74, 6) is 0. The zero-order valence-corrected chi connectivity index (χ0v) is 9.64. The molecule has 0 saturated carbocycles. The fraction of sp³-hybridized carbons (Fsp3) is 0.417.